The highest BCUT2D eigenvalue weighted by atomic mass is 33.1. The Balaban J connectivity index is 1.26. The van der Waals surface area contributed by atoms with Gasteiger partial charge >= 0.3 is 0 Å². The van der Waals surface area contributed by atoms with Gasteiger partial charge in [0.15, 0.2) is 0 Å². The molecule has 3 heterocycles. The van der Waals surface area contributed by atoms with Gasteiger partial charge in [0.25, 0.3) is 0 Å². The van der Waals surface area contributed by atoms with Crippen LogP contribution in [0.25, 0.3) is 11.0 Å². The molecular weight excluding hydrogens is 362 g/mol. The third-order valence-electron chi connectivity index (χ3n) is 5.21. The summed E-state index contributed by atoms with van der Waals surface area (Å²) in [6, 6.07) is 17.5. The monoisotopic (exact) mass is 383 g/mol. The number of furan rings is 1. The maximum Gasteiger partial charge on any atom is 0.133 e. The van der Waals surface area contributed by atoms with Crippen LogP contribution in [0.4, 0.5) is 5.69 Å². The van der Waals surface area contributed by atoms with Crippen molar-refractivity contribution in [3.8, 4) is 0 Å². The Bertz CT molecular complexity index is 976. The molecule has 2 unspecified atom stereocenters. The first-order valence-electron chi connectivity index (χ1n) is 8.98. The number of piperazine rings is 1. The summed E-state index contributed by atoms with van der Waals surface area (Å²) in [5.74, 6) is 0. The zero-order chi connectivity index (χ0) is 17.5. The maximum atomic E-state index is 5.46. The summed E-state index contributed by atoms with van der Waals surface area (Å²) >= 11 is 0. The summed E-state index contributed by atoms with van der Waals surface area (Å²) in [4.78, 5) is 3.90. The van der Waals surface area contributed by atoms with Gasteiger partial charge < -0.3 is 4.42 Å². The number of hydrogen-bond donors (Lipinski definition) is 0. The van der Waals surface area contributed by atoms with E-state index in [0.29, 0.717) is 6.04 Å². The zero-order valence-corrected chi connectivity index (χ0v) is 16.3. The van der Waals surface area contributed by atoms with Crippen molar-refractivity contribution < 1.29 is 4.42 Å². The van der Waals surface area contributed by atoms with Crippen LogP contribution in [0.2, 0.25) is 0 Å². The molecule has 0 spiro atoms. The molecule has 2 aliphatic rings. The van der Waals surface area contributed by atoms with Gasteiger partial charge in [-0.05, 0) is 53.6 Å². The van der Waals surface area contributed by atoms with Gasteiger partial charge in [-0.25, -0.2) is 8.67 Å². The molecule has 3 aromatic rings. The molecule has 5 rings (SSSR count). The zero-order valence-electron chi connectivity index (χ0n) is 14.7. The van der Waals surface area contributed by atoms with Crippen molar-refractivity contribution in [2.75, 3.05) is 26.2 Å². The van der Waals surface area contributed by atoms with Gasteiger partial charge in [0.05, 0.1) is 12.0 Å². The molecule has 0 bridgehead atoms. The van der Waals surface area contributed by atoms with Crippen molar-refractivity contribution in [3.63, 3.8) is 0 Å². The summed E-state index contributed by atoms with van der Waals surface area (Å²) in [6.45, 7) is 6.63. The topological polar surface area (TPSA) is 32.0 Å². The highest BCUT2D eigenvalue weighted by molar-refractivity contribution is 8.69. The van der Waals surface area contributed by atoms with Crippen molar-refractivity contribution in [1.82, 2.24) is 9.21 Å². The van der Waals surface area contributed by atoms with Crippen LogP contribution in [0.1, 0.15) is 18.5 Å². The van der Waals surface area contributed by atoms with E-state index in [9.17, 15) is 0 Å². The average molecular weight is 384 g/mol. The van der Waals surface area contributed by atoms with Crippen LogP contribution in [-0.4, -0.2) is 35.4 Å². The van der Waals surface area contributed by atoms with Crippen LogP contribution in [0, 0.1) is 0 Å². The van der Waals surface area contributed by atoms with E-state index in [1.165, 1.54) is 15.8 Å². The molecule has 1 aromatic heterocycles. The molecule has 0 aliphatic carbocycles. The number of benzene rings is 2. The van der Waals surface area contributed by atoms with Crippen molar-refractivity contribution in [2.24, 2.45) is 4.36 Å². The fourth-order valence-electron chi connectivity index (χ4n) is 3.60. The van der Waals surface area contributed by atoms with E-state index < -0.39 is 0 Å². The van der Waals surface area contributed by atoms with E-state index in [1.807, 2.05) is 16.9 Å². The SMILES string of the molecule is CC(c1ccc2occc2c1)N1CCN(S2=Nc3ccccc3S2)CC1. The second-order valence-corrected chi connectivity index (χ2v) is 9.89. The highest BCUT2D eigenvalue weighted by Crippen LogP contribution is 2.42. The summed E-state index contributed by atoms with van der Waals surface area (Å²) in [5, 5.41) is 1.19. The minimum atomic E-state index is -0.0601. The summed E-state index contributed by atoms with van der Waals surface area (Å²) < 4.78 is 12.9. The second-order valence-electron chi connectivity index (χ2n) is 6.73. The Morgan fingerprint density at radius 3 is 2.77 bits per heavy atom. The predicted molar refractivity (Wildman–Crippen MR) is 110 cm³/mol. The normalized spacial score (nSPS) is 22.3. The first-order valence-corrected chi connectivity index (χ1v) is 11.4. The fourth-order valence-corrected chi connectivity index (χ4v) is 7.23. The molecule has 1 saturated heterocycles. The Hall–Kier alpha value is -1.60. The Labute approximate surface area is 159 Å². The van der Waals surface area contributed by atoms with Crippen molar-refractivity contribution in [2.45, 2.75) is 17.9 Å². The van der Waals surface area contributed by atoms with Gasteiger partial charge in [-0.3, -0.25) is 4.90 Å². The minimum absolute atomic E-state index is 0.0601. The summed E-state index contributed by atoms with van der Waals surface area (Å²) in [5.41, 5.74) is 3.48. The maximum absolute atomic E-state index is 5.46. The summed E-state index contributed by atoms with van der Waals surface area (Å²) in [6.07, 6.45) is 1.76. The lowest BCUT2D eigenvalue weighted by molar-refractivity contribution is 0.151. The van der Waals surface area contributed by atoms with Crippen molar-refractivity contribution >= 4 is 37.4 Å². The van der Waals surface area contributed by atoms with Gasteiger partial charge in [0, 0.05) is 52.4 Å². The van der Waals surface area contributed by atoms with Gasteiger partial charge in [-0.15, -0.1) is 0 Å². The van der Waals surface area contributed by atoms with Gasteiger partial charge in [-0.2, -0.15) is 0 Å². The third kappa shape index (κ3) is 3.01. The lowest BCUT2D eigenvalue weighted by Crippen LogP contribution is -2.46. The lowest BCUT2D eigenvalue weighted by Gasteiger charge is -2.37. The van der Waals surface area contributed by atoms with Crippen molar-refractivity contribution in [1.29, 1.82) is 0 Å². The minimum Gasteiger partial charge on any atom is -0.464 e. The van der Waals surface area contributed by atoms with Crippen LogP contribution >= 0.6 is 10.8 Å². The van der Waals surface area contributed by atoms with E-state index >= 15 is 0 Å². The largest absolute Gasteiger partial charge is 0.464 e. The van der Waals surface area contributed by atoms with E-state index in [4.69, 9.17) is 8.78 Å². The molecular formula is C20H21N3OS2. The second kappa shape index (κ2) is 6.85. The van der Waals surface area contributed by atoms with Crippen LogP contribution in [0.15, 0.2) is 68.5 Å². The fraction of sp³-hybridized carbons (Fsp3) is 0.300. The van der Waals surface area contributed by atoms with Gasteiger partial charge in [0.2, 0.25) is 0 Å². The number of nitrogens with zero attached hydrogens (tertiary/aromatic N) is 3. The average Bonchev–Trinajstić information content (AvgIpc) is 3.33. The van der Waals surface area contributed by atoms with Crippen LogP contribution in [0.3, 0.4) is 0 Å². The summed E-state index contributed by atoms with van der Waals surface area (Å²) in [7, 11) is 1.85. The van der Waals surface area contributed by atoms with Gasteiger partial charge in [-0.1, -0.05) is 18.2 Å². The first-order chi connectivity index (χ1) is 12.8. The Morgan fingerprint density at radius 2 is 1.92 bits per heavy atom. The smallest absolute Gasteiger partial charge is 0.133 e. The number of rotatable bonds is 3. The standard InChI is InChI=1S/C20H21N3OS2/c1-15(16-6-7-19-17(14-16)8-13-24-19)22-9-11-23(12-10-22)26-21-18-4-2-3-5-20(18)25-26/h2-8,13-15H,9-12H2,1H3. The Morgan fingerprint density at radius 1 is 1.08 bits per heavy atom. The lowest BCUT2D eigenvalue weighted by atomic mass is 10.0. The predicted octanol–water partition coefficient (Wildman–Crippen LogP) is 5.18. The molecule has 2 atom stereocenters. The molecule has 6 heteroatoms. The molecule has 0 N–H and O–H groups in total. The van der Waals surface area contributed by atoms with Crippen LogP contribution in [-0.2, 0) is 9.91 Å². The van der Waals surface area contributed by atoms with E-state index in [0.717, 1.165) is 37.4 Å². The van der Waals surface area contributed by atoms with E-state index in [-0.39, 0.29) is 9.91 Å². The third-order valence-corrected chi connectivity index (χ3v) is 8.88. The van der Waals surface area contributed by atoms with Crippen molar-refractivity contribution in [3.05, 3.63) is 60.4 Å². The van der Waals surface area contributed by atoms with Crippen LogP contribution in [0.5, 0.6) is 0 Å². The molecule has 2 aromatic carbocycles. The van der Waals surface area contributed by atoms with E-state index in [1.54, 1.807) is 6.26 Å². The molecule has 0 amide bonds. The Kier molecular flexibility index (Phi) is 4.36. The molecule has 134 valence electrons. The molecule has 26 heavy (non-hydrogen) atoms. The molecule has 1 fully saturated rings. The van der Waals surface area contributed by atoms with Gasteiger partial charge in [0.1, 0.15) is 5.58 Å². The molecule has 0 saturated carbocycles. The highest BCUT2D eigenvalue weighted by Gasteiger charge is 2.27. The van der Waals surface area contributed by atoms with Crippen LogP contribution < -0.4 is 0 Å². The number of fused-ring (bicyclic) bond motifs is 2. The number of hydrogen-bond acceptors (Lipinski definition) is 5. The first kappa shape index (κ1) is 16.6. The molecule has 2 aliphatic heterocycles. The molecule has 0 radical (unpaired) electrons. The molecule has 4 nitrogen and oxygen atoms in total. The van der Waals surface area contributed by atoms with E-state index in [2.05, 4.69) is 58.6 Å². The quantitative estimate of drug-likeness (QED) is 0.583.